The Bertz CT molecular complexity index is 91.5. The molecule has 0 aliphatic carbocycles. The molecule has 0 saturated heterocycles. The minimum atomic E-state index is 0.338. The van der Waals surface area contributed by atoms with E-state index >= 15 is 0 Å². The van der Waals surface area contributed by atoms with Crippen LogP contribution in [0, 0.1) is 0 Å². The van der Waals surface area contributed by atoms with Crippen LogP contribution in [0.3, 0.4) is 0 Å². The van der Waals surface area contributed by atoms with Gasteiger partial charge in [-0.25, -0.2) is 0 Å². The van der Waals surface area contributed by atoms with Crippen molar-refractivity contribution in [2.45, 2.75) is 30.1 Å². The average Bonchev–Trinajstić information content (AvgIpc) is 2.11. The summed E-state index contributed by atoms with van der Waals surface area (Å²) in [6, 6.07) is 0. The summed E-state index contributed by atoms with van der Waals surface area (Å²) in [6.07, 6.45) is 4.35. The van der Waals surface area contributed by atoms with E-state index in [1.165, 1.54) is 19.3 Å². The predicted molar refractivity (Wildman–Crippen MR) is 51.3 cm³/mol. The molecular formula is C7H16I4N-. The van der Waals surface area contributed by atoms with Gasteiger partial charge in [0, 0.05) is 0 Å². The molecule has 0 aliphatic rings. The molecule has 0 aromatic rings. The summed E-state index contributed by atoms with van der Waals surface area (Å²) in [5.74, 6) is 0. The molecular weight excluding hydrogens is 606 g/mol. The Hall–Kier alpha value is 2.88. The third kappa shape index (κ3) is 9.44. The van der Waals surface area contributed by atoms with Gasteiger partial charge in [-0.2, -0.15) is 0 Å². The van der Waals surface area contributed by atoms with Crippen molar-refractivity contribution in [3.8, 4) is 0 Å². The quantitative estimate of drug-likeness (QED) is 0.123. The fraction of sp³-hybridized carbons (Fsp3) is 1.00. The Kier molecular flexibility index (Phi) is 14.8. The maximum absolute atomic E-state index is 3.61. The van der Waals surface area contributed by atoms with Crippen molar-refractivity contribution in [1.82, 2.24) is 1.74 Å². The van der Waals surface area contributed by atoms with Crippen LogP contribution in [-0.4, -0.2) is 13.3 Å². The van der Waals surface area contributed by atoms with Gasteiger partial charge >= 0.3 is 120 Å². The number of hydrogen-bond acceptors (Lipinski definition) is 1. The molecule has 1 unspecified atom stereocenters. The third-order valence-corrected chi connectivity index (χ3v) is 17.9. The van der Waals surface area contributed by atoms with Gasteiger partial charge in [0.25, 0.3) is 0 Å². The number of unbranched alkanes of at least 4 members (excludes halogenated alkanes) is 1. The van der Waals surface area contributed by atoms with Gasteiger partial charge in [0.1, 0.15) is 0 Å². The van der Waals surface area contributed by atoms with Gasteiger partial charge in [-0.15, -0.1) is 0 Å². The predicted octanol–water partition coefficient (Wildman–Crippen LogP) is -6.79. The van der Waals surface area contributed by atoms with E-state index in [4.69, 9.17) is 0 Å². The molecule has 0 aromatic carbocycles. The van der Waals surface area contributed by atoms with Crippen molar-refractivity contribution in [3.05, 3.63) is 0 Å². The summed E-state index contributed by atoms with van der Waals surface area (Å²) >= 11 is 3.74. The fourth-order valence-electron chi connectivity index (χ4n) is 0.802. The zero-order valence-electron chi connectivity index (χ0n) is 7.42. The molecule has 0 bridgehead atoms. The molecule has 0 aliphatic heterocycles. The van der Waals surface area contributed by atoms with Crippen molar-refractivity contribution >= 4 is 18.6 Å². The molecule has 0 radical (unpaired) electrons. The molecule has 0 rings (SSSR count). The molecule has 1 atom stereocenters. The maximum atomic E-state index is 3.61. The first-order valence-electron chi connectivity index (χ1n) is 3.91. The summed E-state index contributed by atoms with van der Waals surface area (Å²) in [5.41, 5.74) is 0. The van der Waals surface area contributed by atoms with Gasteiger partial charge in [-0.3, -0.25) is 0 Å². The second kappa shape index (κ2) is 12.0. The summed E-state index contributed by atoms with van der Waals surface area (Å²) < 4.78 is 6.30. The van der Waals surface area contributed by atoms with E-state index in [9.17, 15) is 0 Å². The number of rotatable bonds is 8. The van der Waals surface area contributed by atoms with Crippen molar-refractivity contribution in [3.63, 3.8) is 0 Å². The van der Waals surface area contributed by atoms with E-state index in [0.29, 0.717) is 60.2 Å². The number of alkyl halides is 3. The third-order valence-electron chi connectivity index (χ3n) is 1.50. The SMILES string of the molecule is CCCCC(C[I-]N[I+]I)[I-]C. The molecule has 0 amide bonds. The van der Waals surface area contributed by atoms with E-state index in [0.717, 1.165) is 3.92 Å². The Morgan fingerprint density at radius 3 is 2.83 bits per heavy atom. The van der Waals surface area contributed by atoms with Gasteiger partial charge in [0.05, 0.1) is 0 Å². The Balaban J connectivity index is 3.26. The van der Waals surface area contributed by atoms with Crippen LogP contribution < -0.4 is 61.9 Å². The monoisotopic (exact) mass is 622 g/mol. The van der Waals surface area contributed by atoms with Gasteiger partial charge in [0.2, 0.25) is 0 Å². The van der Waals surface area contributed by atoms with E-state index in [1.54, 1.807) is 4.43 Å². The van der Waals surface area contributed by atoms with E-state index in [1.807, 2.05) is 0 Å². The zero-order valence-corrected chi connectivity index (χ0v) is 16.0. The molecule has 0 saturated carbocycles. The van der Waals surface area contributed by atoms with E-state index in [2.05, 4.69) is 32.2 Å². The molecule has 0 aromatic heterocycles. The fourth-order valence-corrected chi connectivity index (χ4v) is 13.5. The summed E-state index contributed by atoms with van der Waals surface area (Å²) in [5, 5.41) is 0. The topological polar surface area (TPSA) is 12.0 Å². The standard InChI is InChI=1S/C7H16I4N/c1-3-4-5-7(9-2)6-10-12-11-8/h7,12H,3-6H2,1-2H3/q-1. The van der Waals surface area contributed by atoms with Crippen LogP contribution in [-0.2, 0) is 0 Å². The number of halogens is 4. The van der Waals surface area contributed by atoms with Crippen LogP contribution in [0.2, 0.25) is 0 Å². The average molecular weight is 622 g/mol. The zero-order chi connectivity index (χ0) is 9.23. The van der Waals surface area contributed by atoms with Crippen LogP contribution in [0.5, 0.6) is 0 Å². The number of hydrogen-bond donors (Lipinski definition) is 1. The molecule has 1 N–H and O–H groups in total. The van der Waals surface area contributed by atoms with Crippen molar-refractivity contribution in [1.29, 1.82) is 0 Å². The van der Waals surface area contributed by atoms with Gasteiger partial charge in [0.15, 0.2) is 0 Å². The minimum absolute atomic E-state index is 0.338. The van der Waals surface area contributed by atoms with Crippen LogP contribution >= 0.6 is 18.6 Å². The second-order valence-corrected chi connectivity index (χ2v) is 13.3. The normalized spacial score (nSPS) is 13.9. The summed E-state index contributed by atoms with van der Waals surface area (Å²) in [7, 11) is 0. The van der Waals surface area contributed by atoms with Crippen LogP contribution in [0.4, 0.5) is 0 Å². The molecule has 1 nitrogen and oxygen atoms in total. The first-order valence-corrected chi connectivity index (χ1v) is 17.3. The van der Waals surface area contributed by atoms with Crippen LogP contribution in [0.25, 0.3) is 0 Å². The summed E-state index contributed by atoms with van der Waals surface area (Å²) in [4.78, 5) is 2.45. The Morgan fingerprint density at radius 2 is 2.33 bits per heavy atom. The van der Waals surface area contributed by atoms with Crippen molar-refractivity contribution < 1.29 is 60.2 Å². The number of nitrogens with one attached hydrogen (secondary N) is 1. The molecule has 78 valence electrons. The molecule has 0 heterocycles. The Morgan fingerprint density at radius 1 is 1.58 bits per heavy atom. The molecule has 5 heteroatoms. The summed E-state index contributed by atoms with van der Waals surface area (Å²) in [6.45, 7) is 2.30. The molecule has 0 spiro atoms. The van der Waals surface area contributed by atoms with Gasteiger partial charge < -0.3 is 0 Å². The van der Waals surface area contributed by atoms with Gasteiger partial charge in [-0.05, 0) is 0 Å². The van der Waals surface area contributed by atoms with Crippen LogP contribution in [0.15, 0.2) is 0 Å². The van der Waals surface area contributed by atoms with Crippen molar-refractivity contribution in [2.24, 2.45) is 0 Å². The molecule has 0 fully saturated rings. The first-order chi connectivity index (χ1) is 5.85. The Labute approximate surface area is 118 Å². The van der Waals surface area contributed by atoms with E-state index in [-0.39, 0.29) is 0 Å². The van der Waals surface area contributed by atoms with Crippen molar-refractivity contribution in [2.75, 3.05) is 9.36 Å². The van der Waals surface area contributed by atoms with E-state index < -0.39 is 0 Å². The molecule has 12 heavy (non-hydrogen) atoms. The first kappa shape index (κ1) is 14.9. The van der Waals surface area contributed by atoms with Crippen LogP contribution in [0.1, 0.15) is 26.2 Å². The second-order valence-electron chi connectivity index (χ2n) is 2.39. The van der Waals surface area contributed by atoms with Gasteiger partial charge in [-0.1, -0.05) is 0 Å².